The first-order valence-corrected chi connectivity index (χ1v) is 6.57. The molecule has 92 valence electrons. The monoisotopic (exact) mass is 271 g/mol. The van der Waals surface area contributed by atoms with E-state index in [-0.39, 0.29) is 0 Å². The average Bonchev–Trinajstić information content (AvgIpc) is 2.82. The van der Waals surface area contributed by atoms with Crippen molar-refractivity contribution in [3.8, 4) is 11.5 Å². The van der Waals surface area contributed by atoms with Gasteiger partial charge in [-0.25, -0.2) is 0 Å². The van der Waals surface area contributed by atoms with Crippen LogP contribution in [0, 0.1) is 0 Å². The van der Waals surface area contributed by atoms with Crippen molar-refractivity contribution in [3.63, 3.8) is 0 Å². The van der Waals surface area contributed by atoms with Crippen LogP contribution in [-0.4, -0.2) is 34.6 Å². The highest BCUT2D eigenvalue weighted by Crippen LogP contribution is 2.52. The van der Waals surface area contributed by atoms with Crippen molar-refractivity contribution in [2.45, 2.75) is 0 Å². The number of carbonyl (C=O) groups excluding carboxylic acids is 1. The fourth-order valence-corrected chi connectivity index (χ4v) is 4.15. The SMILES string of the molecule is COc1c(C=O)sc2c(OC)c(N(C)C)sc12. The molecule has 0 amide bonds. The van der Waals surface area contributed by atoms with Gasteiger partial charge in [0, 0.05) is 14.1 Å². The summed E-state index contributed by atoms with van der Waals surface area (Å²) in [6.07, 6.45) is 0.824. The van der Waals surface area contributed by atoms with Gasteiger partial charge < -0.3 is 14.4 Å². The lowest BCUT2D eigenvalue weighted by Gasteiger charge is -2.11. The van der Waals surface area contributed by atoms with E-state index in [9.17, 15) is 4.79 Å². The highest BCUT2D eigenvalue weighted by molar-refractivity contribution is 7.31. The van der Waals surface area contributed by atoms with Gasteiger partial charge in [-0.05, 0) is 0 Å². The second kappa shape index (κ2) is 4.54. The minimum absolute atomic E-state index is 0.609. The van der Waals surface area contributed by atoms with Gasteiger partial charge in [-0.3, -0.25) is 4.79 Å². The maximum atomic E-state index is 11.0. The molecule has 0 spiro atoms. The van der Waals surface area contributed by atoms with Crippen molar-refractivity contribution in [2.24, 2.45) is 0 Å². The normalized spacial score (nSPS) is 10.6. The lowest BCUT2D eigenvalue weighted by Crippen LogP contribution is -2.07. The number of methoxy groups -OCH3 is 2. The molecule has 0 N–H and O–H groups in total. The summed E-state index contributed by atoms with van der Waals surface area (Å²) in [6.45, 7) is 0. The van der Waals surface area contributed by atoms with Gasteiger partial charge in [0.2, 0.25) is 0 Å². The van der Waals surface area contributed by atoms with Crippen molar-refractivity contribution in [1.29, 1.82) is 0 Å². The number of hydrogen-bond acceptors (Lipinski definition) is 6. The van der Waals surface area contributed by atoms with E-state index in [0.29, 0.717) is 10.6 Å². The highest BCUT2D eigenvalue weighted by atomic mass is 32.1. The number of fused-ring (bicyclic) bond motifs is 1. The van der Waals surface area contributed by atoms with Gasteiger partial charge in [0.25, 0.3) is 0 Å². The molecule has 2 aromatic heterocycles. The number of thiophene rings is 2. The lowest BCUT2D eigenvalue weighted by molar-refractivity contribution is 0.112. The minimum atomic E-state index is 0.609. The zero-order chi connectivity index (χ0) is 12.6. The number of ether oxygens (including phenoxy) is 2. The van der Waals surface area contributed by atoms with Gasteiger partial charge in [-0.1, -0.05) is 0 Å². The fraction of sp³-hybridized carbons (Fsp3) is 0.364. The molecular formula is C11H13NO3S2. The van der Waals surface area contributed by atoms with Gasteiger partial charge in [0.05, 0.1) is 23.6 Å². The maximum Gasteiger partial charge on any atom is 0.171 e. The first-order chi connectivity index (χ1) is 8.13. The van der Waals surface area contributed by atoms with Crippen molar-refractivity contribution < 1.29 is 14.3 Å². The molecule has 0 unspecified atom stereocenters. The van der Waals surface area contributed by atoms with Gasteiger partial charge >= 0.3 is 0 Å². The van der Waals surface area contributed by atoms with Gasteiger partial charge in [-0.2, -0.15) is 0 Å². The van der Waals surface area contributed by atoms with Crippen LogP contribution >= 0.6 is 22.7 Å². The Morgan fingerprint density at radius 1 is 1.06 bits per heavy atom. The zero-order valence-corrected chi connectivity index (χ0v) is 11.7. The van der Waals surface area contributed by atoms with Crippen molar-refractivity contribution in [2.75, 3.05) is 33.2 Å². The summed E-state index contributed by atoms with van der Waals surface area (Å²) >= 11 is 2.98. The second-order valence-corrected chi connectivity index (χ2v) is 5.66. The third-order valence-electron chi connectivity index (χ3n) is 2.37. The molecule has 0 atom stereocenters. The zero-order valence-electron chi connectivity index (χ0n) is 10.1. The molecule has 0 bridgehead atoms. The average molecular weight is 271 g/mol. The molecule has 0 aliphatic rings. The van der Waals surface area contributed by atoms with Crippen LogP contribution in [-0.2, 0) is 0 Å². The largest absolute Gasteiger partial charge is 0.494 e. The van der Waals surface area contributed by atoms with Crippen LogP contribution in [0.4, 0.5) is 5.00 Å². The van der Waals surface area contributed by atoms with Crippen molar-refractivity contribution in [1.82, 2.24) is 0 Å². The molecule has 4 nitrogen and oxygen atoms in total. The third kappa shape index (κ3) is 1.77. The summed E-state index contributed by atoms with van der Waals surface area (Å²) in [4.78, 5) is 13.6. The van der Waals surface area contributed by atoms with E-state index in [1.165, 1.54) is 11.3 Å². The highest BCUT2D eigenvalue weighted by Gasteiger charge is 2.22. The number of carbonyl (C=O) groups is 1. The fourth-order valence-electron chi connectivity index (χ4n) is 1.65. The number of rotatable bonds is 4. The molecule has 2 rings (SSSR count). The molecule has 17 heavy (non-hydrogen) atoms. The van der Waals surface area contributed by atoms with Gasteiger partial charge in [0.1, 0.15) is 9.88 Å². The Morgan fingerprint density at radius 2 is 1.65 bits per heavy atom. The van der Waals surface area contributed by atoms with Crippen LogP contribution in [0.25, 0.3) is 9.40 Å². The molecule has 0 aliphatic heterocycles. The minimum Gasteiger partial charge on any atom is -0.494 e. The van der Waals surface area contributed by atoms with E-state index < -0.39 is 0 Å². The van der Waals surface area contributed by atoms with Crippen molar-refractivity contribution in [3.05, 3.63) is 4.88 Å². The molecule has 0 aliphatic carbocycles. The Morgan fingerprint density at radius 3 is 2.12 bits per heavy atom. The van der Waals surface area contributed by atoms with Gasteiger partial charge in [-0.15, -0.1) is 22.7 Å². The lowest BCUT2D eigenvalue weighted by atomic mass is 10.4. The Labute approximate surface area is 107 Å². The van der Waals surface area contributed by atoms with Crippen LogP contribution in [0.5, 0.6) is 11.5 Å². The topological polar surface area (TPSA) is 38.8 Å². The van der Waals surface area contributed by atoms with E-state index >= 15 is 0 Å². The quantitative estimate of drug-likeness (QED) is 0.802. The molecule has 0 radical (unpaired) electrons. The van der Waals surface area contributed by atoms with E-state index in [2.05, 4.69) is 0 Å². The van der Waals surface area contributed by atoms with E-state index in [1.54, 1.807) is 25.6 Å². The second-order valence-electron chi connectivity index (χ2n) is 3.61. The molecule has 0 saturated heterocycles. The molecule has 0 fully saturated rings. The standard InChI is InChI=1S/C11H13NO3S2/c1-12(2)11-8(15-4)10-9(17-11)7(14-3)6(5-13)16-10/h5H,1-4H3. The summed E-state index contributed by atoms with van der Waals surface area (Å²) < 4.78 is 12.7. The molecular weight excluding hydrogens is 258 g/mol. The predicted octanol–water partition coefficient (Wildman–Crippen LogP) is 2.86. The van der Waals surface area contributed by atoms with Crippen molar-refractivity contribution >= 4 is 43.4 Å². The molecule has 6 heteroatoms. The summed E-state index contributed by atoms with van der Waals surface area (Å²) in [5, 5.41) is 1.03. The van der Waals surface area contributed by atoms with Gasteiger partial charge in [0.15, 0.2) is 17.8 Å². The Kier molecular flexibility index (Phi) is 3.26. The van der Waals surface area contributed by atoms with Crippen LogP contribution in [0.15, 0.2) is 0 Å². The Balaban J connectivity index is 2.76. The summed E-state index contributed by atoms with van der Waals surface area (Å²) in [5.74, 6) is 1.46. The van der Waals surface area contributed by atoms with E-state index in [0.717, 1.165) is 26.4 Å². The smallest absolute Gasteiger partial charge is 0.171 e. The summed E-state index contributed by atoms with van der Waals surface area (Å²) in [7, 11) is 7.15. The summed E-state index contributed by atoms with van der Waals surface area (Å²) in [6, 6.07) is 0. The molecule has 2 aromatic rings. The predicted molar refractivity (Wildman–Crippen MR) is 72.5 cm³/mol. The maximum absolute atomic E-state index is 11.0. The van der Waals surface area contributed by atoms with Crippen LogP contribution in [0.2, 0.25) is 0 Å². The first kappa shape index (κ1) is 12.2. The van der Waals surface area contributed by atoms with Crippen LogP contribution in [0.3, 0.4) is 0 Å². The molecule has 2 heterocycles. The Hall–Kier alpha value is -1.27. The van der Waals surface area contributed by atoms with Crippen LogP contribution in [0.1, 0.15) is 9.67 Å². The Bertz CT molecular complexity index is 557. The summed E-state index contributed by atoms with van der Waals surface area (Å²) in [5.41, 5.74) is 0. The third-order valence-corrected chi connectivity index (χ3v) is 4.93. The van der Waals surface area contributed by atoms with Crippen LogP contribution < -0.4 is 14.4 Å². The molecule has 0 saturated carbocycles. The first-order valence-electron chi connectivity index (χ1n) is 4.93. The van der Waals surface area contributed by atoms with E-state index in [4.69, 9.17) is 9.47 Å². The number of hydrogen-bond donors (Lipinski definition) is 0. The molecule has 0 aromatic carbocycles. The number of aldehydes is 1. The number of anilines is 1. The number of nitrogens with zero attached hydrogens (tertiary/aromatic N) is 1. The van der Waals surface area contributed by atoms with E-state index in [1.807, 2.05) is 19.0 Å².